The van der Waals surface area contributed by atoms with Crippen molar-refractivity contribution in [1.82, 2.24) is 10.2 Å². The van der Waals surface area contributed by atoms with E-state index in [1.807, 2.05) is 0 Å². The van der Waals surface area contributed by atoms with E-state index in [1.54, 1.807) is 7.11 Å². The van der Waals surface area contributed by atoms with Crippen LogP contribution in [0.5, 0.6) is 0 Å². The van der Waals surface area contributed by atoms with Crippen LogP contribution in [0.15, 0.2) is 0 Å². The molecule has 3 heteroatoms. The van der Waals surface area contributed by atoms with Gasteiger partial charge in [0.2, 0.25) is 0 Å². The number of ether oxygens (including phenoxy) is 1. The molecular formula is C12H26N2O. The molecule has 0 bridgehead atoms. The Hall–Kier alpha value is -0.120. The summed E-state index contributed by atoms with van der Waals surface area (Å²) in [5.41, 5.74) is 0. The smallest absolute Gasteiger partial charge is 0.0589 e. The predicted octanol–water partition coefficient (Wildman–Crippen LogP) is 1.20. The molecule has 0 radical (unpaired) electrons. The summed E-state index contributed by atoms with van der Waals surface area (Å²) in [6.07, 6.45) is 1.34. The zero-order chi connectivity index (χ0) is 11.1. The summed E-state index contributed by atoms with van der Waals surface area (Å²) in [7, 11) is 1.78. The number of hydrogen-bond acceptors (Lipinski definition) is 3. The summed E-state index contributed by atoms with van der Waals surface area (Å²) in [5, 5.41) is 3.55. The topological polar surface area (TPSA) is 24.5 Å². The van der Waals surface area contributed by atoms with E-state index in [0.29, 0.717) is 0 Å². The standard InChI is InChI=1S/C12H26N2O/c1-11(2)8-13-9-12-4-5-14(10-12)6-7-15-3/h11-13H,4-10H2,1-3H3. The van der Waals surface area contributed by atoms with Gasteiger partial charge in [-0.15, -0.1) is 0 Å². The molecule has 1 saturated heterocycles. The first-order valence-electron chi connectivity index (χ1n) is 6.14. The molecule has 1 aliphatic heterocycles. The zero-order valence-electron chi connectivity index (χ0n) is 10.5. The molecule has 0 aromatic rings. The van der Waals surface area contributed by atoms with Crippen LogP contribution in [0.4, 0.5) is 0 Å². The van der Waals surface area contributed by atoms with Crippen molar-refractivity contribution < 1.29 is 4.74 Å². The Labute approximate surface area is 94.2 Å². The summed E-state index contributed by atoms with van der Waals surface area (Å²) in [4.78, 5) is 2.51. The van der Waals surface area contributed by atoms with Crippen molar-refractivity contribution in [3.8, 4) is 0 Å². The summed E-state index contributed by atoms with van der Waals surface area (Å²) in [6.45, 7) is 11.3. The second-order valence-corrected chi connectivity index (χ2v) is 5.00. The number of hydrogen-bond donors (Lipinski definition) is 1. The Balaban J connectivity index is 2.03. The van der Waals surface area contributed by atoms with Crippen LogP contribution in [-0.2, 0) is 4.74 Å². The Kier molecular flexibility index (Phi) is 6.22. The van der Waals surface area contributed by atoms with Crippen molar-refractivity contribution in [1.29, 1.82) is 0 Å². The Morgan fingerprint density at radius 1 is 1.47 bits per heavy atom. The lowest BCUT2D eigenvalue weighted by molar-refractivity contribution is 0.159. The molecule has 90 valence electrons. The third-order valence-electron chi connectivity index (χ3n) is 2.97. The van der Waals surface area contributed by atoms with Gasteiger partial charge in [0.25, 0.3) is 0 Å². The molecule has 1 heterocycles. The monoisotopic (exact) mass is 214 g/mol. The van der Waals surface area contributed by atoms with Gasteiger partial charge in [0, 0.05) is 20.2 Å². The molecule has 0 saturated carbocycles. The maximum Gasteiger partial charge on any atom is 0.0589 e. The lowest BCUT2D eigenvalue weighted by Crippen LogP contribution is -2.30. The number of methoxy groups -OCH3 is 1. The Bertz CT molecular complexity index is 162. The van der Waals surface area contributed by atoms with E-state index >= 15 is 0 Å². The van der Waals surface area contributed by atoms with Crippen LogP contribution >= 0.6 is 0 Å². The molecule has 1 aliphatic rings. The third-order valence-corrected chi connectivity index (χ3v) is 2.97. The van der Waals surface area contributed by atoms with Crippen LogP contribution in [-0.4, -0.2) is 51.3 Å². The third kappa shape index (κ3) is 5.50. The van der Waals surface area contributed by atoms with Crippen molar-refractivity contribution in [2.75, 3.05) is 46.4 Å². The van der Waals surface area contributed by atoms with Crippen molar-refractivity contribution in [2.45, 2.75) is 20.3 Å². The van der Waals surface area contributed by atoms with E-state index in [-0.39, 0.29) is 0 Å². The highest BCUT2D eigenvalue weighted by atomic mass is 16.5. The van der Waals surface area contributed by atoms with E-state index < -0.39 is 0 Å². The van der Waals surface area contributed by atoms with Crippen LogP contribution < -0.4 is 5.32 Å². The van der Waals surface area contributed by atoms with Crippen LogP contribution in [0.3, 0.4) is 0 Å². The second-order valence-electron chi connectivity index (χ2n) is 5.00. The maximum atomic E-state index is 5.09. The van der Waals surface area contributed by atoms with Gasteiger partial charge in [-0.3, -0.25) is 0 Å². The largest absolute Gasteiger partial charge is 0.383 e. The molecule has 0 amide bonds. The number of nitrogens with zero attached hydrogens (tertiary/aromatic N) is 1. The number of nitrogens with one attached hydrogen (secondary N) is 1. The van der Waals surface area contributed by atoms with Gasteiger partial charge >= 0.3 is 0 Å². The SMILES string of the molecule is COCCN1CCC(CNCC(C)C)C1. The van der Waals surface area contributed by atoms with E-state index in [9.17, 15) is 0 Å². The molecular weight excluding hydrogens is 188 g/mol. The highest BCUT2D eigenvalue weighted by Gasteiger charge is 2.21. The van der Waals surface area contributed by atoms with E-state index in [0.717, 1.165) is 31.5 Å². The van der Waals surface area contributed by atoms with Gasteiger partial charge in [0.15, 0.2) is 0 Å². The van der Waals surface area contributed by atoms with Crippen LogP contribution in [0.25, 0.3) is 0 Å². The first-order valence-corrected chi connectivity index (χ1v) is 6.14. The number of likely N-dealkylation sites (tertiary alicyclic amines) is 1. The minimum Gasteiger partial charge on any atom is -0.383 e. The molecule has 15 heavy (non-hydrogen) atoms. The molecule has 1 unspecified atom stereocenters. The highest BCUT2D eigenvalue weighted by Crippen LogP contribution is 2.14. The number of rotatable bonds is 7. The molecule has 1 N–H and O–H groups in total. The van der Waals surface area contributed by atoms with Crippen LogP contribution in [0, 0.1) is 11.8 Å². The second kappa shape index (κ2) is 7.20. The lowest BCUT2D eigenvalue weighted by atomic mass is 10.1. The van der Waals surface area contributed by atoms with Gasteiger partial charge in [0.05, 0.1) is 6.61 Å². The highest BCUT2D eigenvalue weighted by molar-refractivity contribution is 4.77. The van der Waals surface area contributed by atoms with Crippen molar-refractivity contribution in [3.05, 3.63) is 0 Å². The van der Waals surface area contributed by atoms with E-state index in [4.69, 9.17) is 4.74 Å². The van der Waals surface area contributed by atoms with Gasteiger partial charge < -0.3 is 15.0 Å². The van der Waals surface area contributed by atoms with Crippen LogP contribution in [0.2, 0.25) is 0 Å². The summed E-state index contributed by atoms with van der Waals surface area (Å²) in [6, 6.07) is 0. The lowest BCUT2D eigenvalue weighted by Gasteiger charge is -2.16. The molecule has 0 aliphatic carbocycles. The van der Waals surface area contributed by atoms with Crippen molar-refractivity contribution >= 4 is 0 Å². The van der Waals surface area contributed by atoms with Crippen molar-refractivity contribution in [3.63, 3.8) is 0 Å². The molecule has 1 rings (SSSR count). The van der Waals surface area contributed by atoms with Gasteiger partial charge in [-0.05, 0) is 37.9 Å². The first kappa shape index (κ1) is 12.9. The minimum atomic E-state index is 0.760. The van der Waals surface area contributed by atoms with Crippen LogP contribution in [0.1, 0.15) is 20.3 Å². The summed E-state index contributed by atoms with van der Waals surface area (Å²) in [5.74, 6) is 1.61. The maximum absolute atomic E-state index is 5.09. The average Bonchev–Trinajstić information content (AvgIpc) is 2.62. The summed E-state index contributed by atoms with van der Waals surface area (Å²) >= 11 is 0. The molecule has 1 atom stereocenters. The van der Waals surface area contributed by atoms with Gasteiger partial charge in [-0.25, -0.2) is 0 Å². The Morgan fingerprint density at radius 3 is 2.93 bits per heavy atom. The fourth-order valence-corrected chi connectivity index (χ4v) is 2.08. The average molecular weight is 214 g/mol. The van der Waals surface area contributed by atoms with Gasteiger partial charge in [0.1, 0.15) is 0 Å². The van der Waals surface area contributed by atoms with Gasteiger partial charge in [-0.2, -0.15) is 0 Å². The molecule has 0 aromatic heterocycles. The quantitative estimate of drug-likeness (QED) is 0.689. The van der Waals surface area contributed by atoms with Gasteiger partial charge in [-0.1, -0.05) is 13.8 Å². The molecule has 0 aromatic carbocycles. The first-order chi connectivity index (χ1) is 7.22. The Morgan fingerprint density at radius 2 is 2.27 bits per heavy atom. The van der Waals surface area contributed by atoms with Crippen molar-refractivity contribution in [2.24, 2.45) is 11.8 Å². The fourth-order valence-electron chi connectivity index (χ4n) is 2.08. The summed E-state index contributed by atoms with van der Waals surface area (Å²) < 4.78 is 5.09. The van der Waals surface area contributed by atoms with E-state index in [2.05, 4.69) is 24.1 Å². The minimum absolute atomic E-state index is 0.760. The molecule has 0 spiro atoms. The fraction of sp³-hybridized carbons (Fsp3) is 1.00. The normalized spacial score (nSPS) is 22.8. The zero-order valence-corrected chi connectivity index (χ0v) is 10.5. The molecule has 3 nitrogen and oxygen atoms in total. The van der Waals surface area contributed by atoms with E-state index in [1.165, 1.54) is 26.1 Å². The predicted molar refractivity (Wildman–Crippen MR) is 64.1 cm³/mol. The molecule has 1 fully saturated rings.